The Morgan fingerprint density at radius 1 is 0.871 bits per heavy atom. The summed E-state index contributed by atoms with van der Waals surface area (Å²) in [5.74, 6) is -0.135. The van der Waals surface area contributed by atoms with Crippen molar-refractivity contribution in [2.75, 3.05) is 57.8 Å². The van der Waals surface area contributed by atoms with Crippen LogP contribution in [0.3, 0.4) is 0 Å². The zero-order valence-corrected chi connectivity index (χ0v) is 18.1. The van der Waals surface area contributed by atoms with Crippen molar-refractivity contribution < 1.29 is 19.1 Å². The standard InChI is InChI=1S/C23H32N4O4/c28-21(25-12-14-31-15-13-25)16-18-5-7-20(8-6-18)24-22(29)19-4-3-11-27(17-19)23(30)26-9-1-2-10-26/h5-8,19H,1-4,9-17H2,(H,24,29)/t19-/m1/s1. The monoisotopic (exact) mass is 428 g/mol. The van der Waals surface area contributed by atoms with Crippen molar-refractivity contribution in [2.24, 2.45) is 5.92 Å². The number of rotatable bonds is 4. The summed E-state index contributed by atoms with van der Waals surface area (Å²) in [6.45, 7) is 5.34. The first-order valence-electron chi connectivity index (χ1n) is 11.4. The van der Waals surface area contributed by atoms with Gasteiger partial charge in [-0.05, 0) is 43.4 Å². The molecular weight excluding hydrogens is 396 g/mol. The first-order valence-corrected chi connectivity index (χ1v) is 11.4. The van der Waals surface area contributed by atoms with E-state index >= 15 is 0 Å². The number of benzene rings is 1. The normalized spacial score (nSPS) is 21.8. The van der Waals surface area contributed by atoms with Gasteiger partial charge in [-0.2, -0.15) is 0 Å². The van der Waals surface area contributed by atoms with Gasteiger partial charge in [0.15, 0.2) is 0 Å². The second kappa shape index (κ2) is 10.1. The lowest BCUT2D eigenvalue weighted by Gasteiger charge is -2.34. The van der Waals surface area contributed by atoms with Crippen LogP contribution < -0.4 is 5.32 Å². The molecule has 8 heteroatoms. The molecule has 3 heterocycles. The van der Waals surface area contributed by atoms with Gasteiger partial charge >= 0.3 is 6.03 Å². The van der Waals surface area contributed by atoms with Crippen molar-refractivity contribution in [3.63, 3.8) is 0 Å². The van der Waals surface area contributed by atoms with Crippen LogP contribution in [0.1, 0.15) is 31.2 Å². The third kappa shape index (κ3) is 5.55. The molecule has 0 saturated carbocycles. The van der Waals surface area contributed by atoms with Gasteiger partial charge in [0, 0.05) is 45.0 Å². The highest BCUT2D eigenvalue weighted by Gasteiger charge is 2.31. The van der Waals surface area contributed by atoms with Gasteiger partial charge in [0.05, 0.1) is 25.6 Å². The number of likely N-dealkylation sites (tertiary alicyclic amines) is 2. The summed E-state index contributed by atoms with van der Waals surface area (Å²) in [5.41, 5.74) is 1.64. The summed E-state index contributed by atoms with van der Waals surface area (Å²) < 4.78 is 5.29. The Labute approximate surface area is 183 Å². The van der Waals surface area contributed by atoms with Crippen molar-refractivity contribution in [3.8, 4) is 0 Å². The first-order chi connectivity index (χ1) is 15.1. The van der Waals surface area contributed by atoms with Gasteiger partial charge in [0.1, 0.15) is 0 Å². The number of anilines is 1. The lowest BCUT2D eigenvalue weighted by atomic mass is 9.97. The highest BCUT2D eigenvalue weighted by molar-refractivity contribution is 5.93. The molecule has 1 aromatic carbocycles. The van der Waals surface area contributed by atoms with Crippen molar-refractivity contribution >= 4 is 23.5 Å². The van der Waals surface area contributed by atoms with Crippen LogP contribution in [-0.2, 0) is 20.7 Å². The molecule has 168 valence electrons. The van der Waals surface area contributed by atoms with Crippen molar-refractivity contribution in [2.45, 2.75) is 32.1 Å². The Kier molecular flexibility index (Phi) is 7.06. The number of ether oxygens (including phenoxy) is 1. The lowest BCUT2D eigenvalue weighted by molar-refractivity contribution is -0.134. The Morgan fingerprint density at radius 3 is 2.26 bits per heavy atom. The van der Waals surface area contributed by atoms with Crippen LogP contribution in [0, 0.1) is 5.92 Å². The van der Waals surface area contributed by atoms with Gasteiger partial charge in [-0.25, -0.2) is 4.79 Å². The number of piperidine rings is 1. The van der Waals surface area contributed by atoms with E-state index in [1.165, 1.54) is 0 Å². The molecule has 3 fully saturated rings. The van der Waals surface area contributed by atoms with E-state index < -0.39 is 0 Å². The van der Waals surface area contributed by atoms with Gasteiger partial charge in [-0.3, -0.25) is 9.59 Å². The van der Waals surface area contributed by atoms with Gasteiger partial charge in [0.2, 0.25) is 11.8 Å². The minimum absolute atomic E-state index is 0.0453. The molecule has 0 bridgehead atoms. The molecule has 3 aliphatic rings. The van der Waals surface area contributed by atoms with Gasteiger partial charge in [0.25, 0.3) is 0 Å². The fourth-order valence-electron chi connectivity index (χ4n) is 4.52. The molecule has 1 atom stereocenters. The Balaban J connectivity index is 1.27. The van der Waals surface area contributed by atoms with Crippen LogP contribution in [0.5, 0.6) is 0 Å². The molecule has 3 aliphatic heterocycles. The minimum Gasteiger partial charge on any atom is -0.378 e. The lowest BCUT2D eigenvalue weighted by Crippen LogP contribution is -2.48. The van der Waals surface area contributed by atoms with Crippen LogP contribution in [0.4, 0.5) is 10.5 Å². The summed E-state index contributed by atoms with van der Waals surface area (Å²) in [4.78, 5) is 43.4. The zero-order valence-electron chi connectivity index (χ0n) is 18.1. The average Bonchev–Trinajstić information content (AvgIpc) is 3.35. The fourth-order valence-corrected chi connectivity index (χ4v) is 4.52. The van der Waals surface area contributed by atoms with Crippen molar-refractivity contribution in [3.05, 3.63) is 29.8 Å². The molecule has 1 N–H and O–H groups in total. The number of nitrogens with one attached hydrogen (secondary N) is 1. The summed E-state index contributed by atoms with van der Waals surface area (Å²) in [6, 6.07) is 7.53. The number of carbonyl (C=O) groups excluding carboxylic acids is 3. The van der Waals surface area contributed by atoms with E-state index in [1.54, 1.807) is 0 Å². The third-order valence-electron chi connectivity index (χ3n) is 6.38. The summed E-state index contributed by atoms with van der Waals surface area (Å²) in [5, 5.41) is 2.98. The summed E-state index contributed by atoms with van der Waals surface area (Å²) in [6.07, 6.45) is 4.13. The SMILES string of the molecule is O=C(Nc1ccc(CC(=O)N2CCOCC2)cc1)[C@@H]1CCCN(C(=O)N2CCCC2)C1. The molecule has 4 amide bonds. The van der Waals surface area contributed by atoms with Crippen LogP contribution in [-0.4, -0.2) is 85.0 Å². The molecule has 8 nitrogen and oxygen atoms in total. The number of urea groups is 1. The molecule has 0 radical (unpaired) electrons. The Bertz CT molecular complexity index is 785. The van der Waals surface area contributed by atoms with E-state index in [-0.39, 0.29) is 23.8 Å². The smallest absolute Gasteiger partial charge is 0.320 e. The predicted molar refractivity (Wildman–Crippen MR) is 117 cm³/mol. The second-order valence-electron chi connectivity index (χ2n) is 8.62. The summed E-state index contributed by atoms with van der Waals surface area (Å²) in [7, 11) is 0. The number of amides is 4. The maximum Gasteiger partial charge on any atom is 0.320 e. The van der Waals surface area contributed by atoms with Crippen LogP contribution in [0.2, 0.25) is 0 Å². The highest BCUT2D eigenvalue weighted by atomic mass is 16.5. The molecule has 3 saturated heterocycles. The topological polar surface area (TPSA) is 82.2 Å². The molecule has 0 unspecified atom stereocenters. The fraction of sp³-hybridized carbons (Fsp3) is 0.609. The predicted octanol–water partition coefficient (Wildman–Crippen LogP) is 1.95. The molecular formula is C23H32N4O4. The maximum absolute atomic E-state index is 12.8. The van der Waals surface area contributed by atoms with E-state index in [0.717, 1.165) is 56.6 Å². The van der Waals surface area contributed by atoms with E-state index in [2.05, 4.69) is 5.32 Å². The maximum atomic E-state index is 12.8. The third-order valence-corrected chi connectivity index (χ3v) is 6.38. The van der Waals surface area contributed by atoms with E-state index in [9.17, 15) is 14.4 Å². The minimum atomic E-state index is -0.192. The van der Waals surface area contributed by atoms with E-state index in [1.807, 2.05) is 39.0 Å². The van der Waals surface area contributed by atoms with Gasteiger partial charge < -0.3 is 24.8 Å². The van der Waals surface area contributed by atoms with Crippen LogP contribution >= 0.6 is 0 Å². The molecule has 0 aromatic heterocycles. The molecule has 0 aliphatic carbocycles. The first kappa shape index (κ1) is 21.6. The van der Waals surface area contributed by atoms with Crippen molar-refractivity contribution in [1.82, 2.24) is 14.7 Å². The number of carbonyl (C=O) groups is 3. The average molecular weight is 429 g/mol. The Hall–Kier alpha value is -2.61. The zero-order chi connectivity index (χ0) is 21.6. The summed E-state index contributed by atoms with van der Waals surface area (Å²) >= 11 is 0. The van der Waals surface area contributed by atoms with E-state index in [0.29, 0.717) is 39.3 Å². The number of nitrogens with zero attached hydrogens (tertiary/aromatic N) is 3. The molecule has 1 aromatic rings. The largest absolute Gasteiger partial charge is 0.378 e. The van der Waals surface area contributed by atoms with Crippen LogP contribution in [0.15, 0.2) is 24.3 Å². The molecule has 4 rings (SSSR count). The van der Waals surface area contributed by atoms with Crippen LogP contribution in [0.25, 0.3) is 0 Å². The van der Waals surface area contributed by atoms with Gasteiger partial charge in [-0.1, -0.05) is 12.1 Å². The molecule has 31 heavy (non-hydrogen) atoms. The second-order valence-corrected chi connectivity index (χ2v) is 8.62. The van der Waals surface area contributed by atoms with Crippen molar-refractivity contribution in [1.29, 1.82) is 0 Å². The Morgan fingerprint density at radius 2 is 1.55 bits per heavy atom. The van der Waals surface area contributed by atoms with Gasteiger partial charge in [-0.15, -0.1) is 0 Å². The number of morpholine rings is 1. The molecule has 0 spiro atoms. The highest BCUT2D eigenvalue weighted by Crippen LogP contribution is 2.22. The van der Waals surface area contributed by atoms with E-state index in [4.69, 9.17) is 4.74 Å². The number of hydrogen-bond donors (Lipinski definition) is 1. The number of hydrogen-bond acceptors (Lipinski definition) is 4. The quantitative estimate of drug-likeness (QED) is 0.795.